The van der Waals surface area contributed by atoms with Crippen LogP contribution < -0.4 is 5.19 Å². The van der Waals surface area contributed by atoms with Gasteiger partial charge >= 0.3 is 0 Å². The minimum Gasteiger partial charge on any atom is -0.213 e. The molecule has 98 valence electrons. The maximum Gasteiger partial charge on any atom is 0.238 e. The Kier molecular flexibility index (Phi) is 2.90. The smallest absolute Gasteiger partial charge is 0.213 e. The van der Waals surface area contributed by atoms with Crippen molar-refractivity contribution in [3.63, 3.8) is 0 Å². The fourth-order valence-electron chi connectivity index (χ4n) is 2.22. The van der Waals surface area contributed by atoms with Crippen LogP contribution in [0.15, 0.2) is 24.3 Å². The Morgan fingerprint density at radius 2 is 1.72 bits per heavy atom. The Labute approximate surface area is 107 Å². The fraction of sp³-hybridized carbons (Fsp3) is 0.333. The van der Waals surface area contributed by atoms with Crippen molar-refractivity contribution in [1.82, 2.24) is 3.97 Å². The summed E-state index contributed by atoms with van der Waals surface area (Å²) in [5, 5.41) is 1.28. The molecule has 0 aliphatic carbocycles. The third kappa shape index (κ3) is 1.99. The molecule has 2 rings (SSSR count). The normalized spacial score (nSPS) is 13.2. The molecule has 0 radical (unpaired) electrons. The van der Waals surface area contributed by atoms with Gasteiger partial charge in [-0.25, -0.2) is 12.4 Å². The molecule has 0 fully saturated rings. The molecule has 6 heteroatoms. The molecule has 0 atom stereocenters. The van der Waals surface area contributed by atoms with Crippen LogP contribution in [-0.2, 0) is 10.0 Å². The molecule has 3 nitrogen and oxygen atoms in total. The van der Waals surface area contributed by atoms with Crippen molar-refractivity contribution in [2.75, 3.05) is 6.26 Å². The summed E-state index contributed by atoms with van der Waals surface area (Å²) in [5.41, 5.74) is 0.426. The molecule has 0 aliphatic heterocycles. The highest BCUT2D eigenvalue weighted by Crippen LogP contribution is 2.22. The van der Waals surface area contributed by atoms with Crippen molar-refractivity contribution in [2.45, 2.75) is 19.6 Å². The Balaban J connectivity index is 3.03. The fourth-order valence-corrected chi connectivity index (χ4v) is 4.95. The van der Waals surface area contributed by atoms with E-state index in [9.17, 15) is 12.8 Å². The van der Waals surface area contributed by atoms with E-state index in [0.29, 0.717) is 16.1 Å². The van der Waals surface area contributed by atoms with Gasteiger partial charge in [0.1, 0.15) is 0 Å². The van der Waals surface area contributed by atoms with Crippen LogP contribution in [0.1, 0.15) is 0 Å². The SMILES string of the molecule is C[Si](C)(C)c1c(F)n(S(C)(=O)=O)c2ccccc12. The number of aromatic nitrogens is 1. The van der Waals surface area contributed by atoms with Gasteiger partial charge in [-0.05, 0) is 6.07 Å². The second kappa shape index (κ2) is 3.93. The van der Waals surface area contributed by atoms with Crippen molar-refractivity contribution >= 4 is 34.2 Å². The summed E-state index contributed by atoms with van der Waals surface area (Å²) in [5.74, 6) is -0.627. The minimum absolute atomic E-state index is 0.426. The minimum atomic E-state index is -3.64. The molecule has 0 bridgehead atoms. The molecule has 0 amide bonds. The zero-order chi connectivity index (χ0) is 13.7. The van der Waals surface area contributed by atoms with Gasteiger partial charge in [0.25, 0.3) is 0 Å². The zero-order valence-electron chi connectivity index (χ0n) is 10.9. The molecule has 0 aliphatic rings. The third-order valence-electron chi connectivity index (χ3n) is 2.86. The van der Waals surface area contributed by atoms with Crippen LogP contribution >= 0.6 is 0 Å². The Hall–Kier alpha value is -1.14. The lowest BCUT2D eigenvalue weighted by molar-refractivity contribution is 0.553. The lowest BCUT2D eigenvalue weighted by Crippen LogP contribution is -2.40. The van der Waals surface area contributed by atoms with Crippen LogP contribution in [0.3, 0.4) is 0 Å². The molecule has 0 spiro atoms. The number of hydrogen-bond acceptors (Lipinski definition) is 2. The predicted molar refractivity (Wildman–Crippen MR) is 75.1 cm³/mol. The molecule has 18 heavy (non-hydrogen) atoms. The van der Waals surface area contributed by atoms with Gasteiger partial charge < -0.3 is 0 Å². The molecular weight excluding hydrogens is 269 g/mol. The number of benzene rings is 1. The van der Waals surface area contributed by atoms with Gasteiger partial charge in [0.15, 0.2) is 0 Å². The van der Waals surface area contributed by atoms with Gasteiger partial charge in [0.05, 0.1) is 19.8 Å². The highest BCUT2D eigenvalue weighted by atomic mass is 32.2. The highest BCUT2D eigenvalue weighted by Gasteiger charge is 2.30. The van der Waals surface area contributed by atoms with Crippen LogP contribution in [0, 0.1) is 5.95 Å². The molecular formula is C12H16FNO2SSi. The van der Waals surface area contributed by atoms with E-state index in [2.05, 4.69) is 0 Å². The average molecular weight is 285 g/mol. The van der Waals surface area contributed by atoms with Crippen molar-refractivity contribution in [3.05, 3.63) is 30.2 Å². The summed E-state index contributed by atoms with van der Waals surface area (Å²) >= 11 is 0. The lowest BCUT2D eigenvalue weighted by atomic mass is 10.2. The van der Waals surface area contributed by atoms with Gasteiger partial charge in [-0.15, -0.1) is 0 Å². The van der Waals surface area contributed by atoms with E-state index in [4.69, 9.17) is 0 Å². The first-order valence-corrected chi connectivity index (χ1v) is 11.0. The van der Waals surface area contributed by atoms with E-state index in [1.165, 1.54) is 0 Å². The number of para-hydroxylation sites is 1. The molecule has 0 saturated carbocycles. The van der Waals surface area contributed by atoms with Crippen molar-refractivity contribution in [3.8, 4) is 0 Å². The maximum absolute atomic E-state index is 14.5. The molecule has 0 unspecified atom stereocenters. The molecule has 2 aromatic rings. The van der Waals surface area contributed by atoms with E-state index in [1.807, 2.05) is 19.6 Å². The number of nitrogens with zero attached hydrogens (tertiary/aromatic N) is 1. The monoisotopic (exact) mass is 285 g/mol. The van der Waals surface area contributed by atoms with E-state index in [1.54, 1.807) is 24.3 Å². The summed E-state index contributed by atoms with van der Waals surface area (Å²) in [7, 11) is -5.60. The standard InChI is InChI=1S/C12H16FNO2SSi/c1-17(15,16)14-10-8-6-5-7-9(10)11(12(14)13)18(2,3)4/h5-8H,1-4H3. The van der Waals surface area contributed by atoms with Crippen molar-refractivity contribution in [1.29, 1.82) is 0 Å². The Morgan fingerprint density at radius 3 is 2.22 bits per heavy atom. The molecule has 1 aromatic heterocycles. The molecule has 0 N–H and O–H groups in total. The number of halogens is 1. The van der Waals surface area contributed by atoms with Crippen LogP contribution in [0.5, 0.6) is 0 Å². The molecule has 0 saturated heterocycles. The second-order valence-electron chi connectivity index (χ2n) is 5.46. The summed E-state index contributed by atoms with van der Waals surface area (Å²) in [4.78, 5) is 0. The average Bonchev–Trinajstić information content (AvgIpc) is 2.47. The van der Waals surface area contributed by atoms with Gasteiger partial charge in [-0.1, -0.05) is 37.8 Å². The van der Waals surface area contributed by atoms with Crippen LogP contribution in [-0.4, -0.2) is 26.7 Å². The first-order chi connectivity index (χ1) is 8.14. The van der Waals surface area contributed by atoms with Crippen molar-refractivity contribution in [2.24, 2.45) is 0 Å². The number of hydrogen-bond donors (Lipinski definition) is 0. The first kappa shape index (κ1) is 13.3. The van der Waals surface area contributed by atoms with E-state index < -0.39 is 24.0 Å². The lowest BCUT2D eigenvalue weighted by Gasteiger charge is -2.15. The summed E-state index contributed by atoms with van der Waals surface area (Å²) < 4.78 is 38.8. The first-order valence-electron chi connectivity index (χ1n) is 5.64. The van der Waals surface area contributed by atoms with Gasteiger partial charge in [-0.3, -0.25) is 0 Å². The third-order valence-corrected chi connectivity index (χ3v) is 5.85. The molecule has 1 aromatic carbocycles. The topological polar surface area (TPSA) is 39.1 Å². The Bertz CT molecular complexity index is 713. The summed E-state index contributed by atoms with van der Waals surface area (Å²) in [6.45, 7) is 6.01. The quantitative estimate of drug-likeness (QED) is 0.793. The van der Waals surface area contributed by atoms with E-state index >= 15 is 0 Å². The van der Waals surface area contributed by atoms with Crippen LogP contribution in [0.2, 0.25) is 19.6 Å². The second-order valence-corrected chi connectivity index (χ2v) is 12.3. The largest absolute Gasteiger partial charge is 0.238 e. The van der Waals surface area contributed by atoms with Gasteiger partial charge in [0.2, 0.25) is 16.0 Å². The highest BCUT2D eigenvalue weighted by molar-refractivity contribution is 7.89. The Morgan fingerprint density at radius 1 is 1.17 bits per heavy atom. The molecule has 1 heterocycles. The van der Waals surface area contributed by atoms with Crippen LogP contribution in [0.25, 0.3) is 10.9 Å². The number of fused-ring (bicyclic) bond motifs is 1. The van der Waals surface area contributed by atoms with Gasteiger partial charge in [0, 0.05) is 10.6 Å². The predicted octanol–water partition coefficient (Wildman–Crippen LogP) is 2.13. The van der Waals surface area contributed by atoms with E-state index in [0.717, 1.165) is 10.2 Å². The maximum atomic E-state index is 14.5. The summed E-state index contributed by atoms with van der Waals surface area (Å²) in [6, 6.07) is 6.95. The summed E-state index contributed by atoms with van der Waals surface area (Å²) in [6.07, 6.45) is 1.02. The van der Waals surface area contributed by atoms with Crippen LogP contribution in [0.4, 0.5) is 4.39 Å². The zero-order valence-corrected chi connectivity index (χ0v) is 12.7. The van der Waals surface area contributed by atoms with Crippen molar-refractivity contribution < 1.29 is 12.8 Å². The number of rotatable bonds is 2. The van der Waals surface area contributed by atoms with E-state index in [-0.39, 0.29) is 0 Å². The van der Waals surface area contributed by atoms with Gasteiger partial charge in [-0.2, -0.15) is 4.39 Å².